The predicted molar refractivity (Wildman–Crippen MR) is 85.6 cm³/mol. The minimum absolute atomic E-state index is 0. The van der Waals surface area contributed by atoms with E-state index >= 15 is 0 Å². The second kappa shape index (κ2) is 8.23. The highest BCUT2D eigenvalue weighted by molar-refractivity contribution is 14.0. The van der Waals surface area contributed by atoms with Gasteiger partial charge in [0.15, 0.2) is 5.96 Å². The molecule has 0 amide bonds. The maximum absolute atomic E-state index is 4.53. The maximum Gasteiger partial charge on any atom is 0.195 e. The summed E-state index contributed by atoms with van der Waals surface area (Å²) in [6.45, 7) is 2.69. The van der Waals surface area contributed by atoms with E-state index in [1.54, 1.807) is 0 Å². The average molecular weight is 363 g/mol. The first-order valence-electron chi connectivity index (χ1n) is 5.67. The molecule has 0 unspecified atom stereocenters. The van der Waals surface area contributed by atoms with Gasteiger partial charge >= 0.3 is 0 Å². The molecule has 0 saturated heterocycles. The molecule has 0 saturated carbocycles. The number of hydrogen-bond acceptors (Lipinski definition) is 3. The predicted octanol–water partition coefficient (Wildman–Crippen LogP) is 1.42. The molecule has 1 aromatic rings. The van der Waals surface area contributed by atoms with Crippen LogP contribution < -0.4 is 0 Å². The van der Waals surface area contributed by atoms with E-state index in [-0.39, 0.29) is 24.0 Å². The van der Waals surface area contributed by atoms with Gasteiger partial charge in [-0.15, -0.1) is 24.0 Å². The van der Waals surface area contributed by atoms with Crippen LogP contribution in [0.3, 0.4) is 0 Å². The van der Waals surface area contributed by atoms with Gasteiger partial charge < -0.3 is 9.80 Å². The Bertz CT molecular complexity index is 363. The van der Waals surface area contributed by atoms with Gasteiger partial charge in [0.25, 0.3) is 0 Å². The quantitative estimate of drug-likeness (QED) is 0.463. The van der Waals surface area contributed by atoms with Gasteiger partial charge in [0, 0.05) is 53.5 Å². The Morgan fingerprint density at radius 1 is 1.11 bits per heavy atom. The molecular weight excluding hydrogens is 341 g/mol. The molecule has 1 heterocycles. The van der Waals surface area contributed by atoms with Crippen LogP contribution >= 0.6 is 24.0 Å². The Balaban J connectivity index is 0.00000289. The van der Waals surface area contributed by atoms with Crippen molar-refractivity contribution in [1.29, 1.82) is 0 Å². The third kappa shape index (κ3) is 5.61. The van der Waals surface area contributed by atoms with E-state index in [0.717, 1.165) is 23.8 Å². The lowest BCUT2D eigenvalue weighted by atomic mass is 10.3. The fourth-order valence-electron chi connectivity index (χ4n) is 1.49. The summed E-state index contributed by atoms with van der Waals surface area (Å²) in [6.07, 6.45) is 4.45. The Morgan fingerprint density at radius 2 is 1.61 bits per heavy atom. The first-order chi connectivity index (χ1) is 8.00. The number of halogens is 1. The minimum Gasteiger partial charge on any atom is -0.349 e. The average Bonchev–Trinajstić information content (AvgIpc) is 2.25. The third-order valence-corrected chi connectivity index (χ3v) is 2.22. The number of aryl methyl sites for hydroxylation is 1. The zero-order valence-electron chi connectivity index (χ0n) is 11.7. The molecule has 0 aliphatic carbocycles. The number of nitrogens with zero attached hydrogens (tertiary/aromatic N) is 5. The fourth-order valence-corrected chi connectivity index (χ4v) is 1.49. The molecule has 6 heteroatoms. The molecule has 0 fully saturated rings. The fraction of sp³-hybridized carbons (Fsp3) is 0.583. The Hall–Kier alpha value is -0.920. The summed E-state index contributed by atoms with van der Waals surface area (Å²) in [5.74, 6) is 1.80. The second-order valence-corrected chi connectivity index (χ2v) is 4.40. The normalized spacial score (nSPS) is 9.39. The second-order valence-electron chi connectivity index (χ2n) is 4.40. The van der Waals surface area contributed by atoms with Crippen molar-refractivity contribution in [1.82, 2.24) is 19.8 Å². The van der Waals surface area contributed by atoms with E-state index in [1.807, 2.05) is 57.3 Å². The highest BCUT2D eigenvalue weighted by atomic mass is 127. The van der Waals surface area contributed by atoms with E-state index in [1.165, 1.54) is 0 Å². The monoisotopic (exact) mass is 363 g/mol. The van der Waals surface area contributed by atoms with Gasteiger partial charge in [-0.05, 0) is 12.5 Å². The summed E-state index contributed by atoms with van der Waals surface area (Å²) in [7, 11) is 7.95. The first kappa shape index (κ1) is 17.1. The molecule has 0 spiro atoms. The Labute approximate surface area is 126 Å². The molecule has 1 rings (SSSR count). The topological polar surface area (TPSA) is 44.6 Å². The van der Waals surface area contributed by atoms with Gasteiger partial charge in [-0.2, -0.15) is 0 Å². The van der Waals surface area contributed by atoms with Crippen molar-refractivity contribution >= 4 is 29.9 Å². The minimum atomic E-state index is 0. The van der Waals surface area contributed by atoms with Crippen molar-refractivity contribution in [3.63, 3.8) is 0 Å². The molecule has 0 atom stereocenters. The molecule has 0 N–H and O–H groups in total. The standard InChI is InChI=1S/C12H21N5.HI/c1-10-8-14-11(15-9-10)6-7-13-12(16(2)3)17(4)5;/h8-9H,6-7H2,1-5H3;1H. The van der Waals surface area contributed by atoms with Crippen LogP contribution in [0.1, 0.15) is 11.4 Å². The largest absolute Gasteiger partial charge is 0.349 e. The van der Waals surface area contributed by atoms with Crippen LogP contribution in [0.25, 0.3) is 0 Å². The molecule has 0 aliphatic rings. The van der Waals surface area contributed by atoms with Crippen molar-refractivity contribution < 1.29 is 0 Å². The van der Waals surface area contributed by atoms with E-state index in [9.17, 15) is 0 Å². The number of aromatic nitrogens is 2. The van der Waals surface area contributed by atoms with Crippen LogP contribution in [0.2, 0.25) is 0 Å². The molecular formula is C12H22IN5. The molecule has 0 radical (unpaired) electrons. The molecule has 0 aliphatic heterocycles. The highest BCUT2D eigenvalue weighted by Crippen LogP contribution is 1.96. The van der Waals surface area contributed by atoms with Crippen molar-refractivity contribution in [3.8, 4) is 0 Å². The molecule has 0 aromatic carbocycles. The van der Waals surface area contributed by atoms with Crippen LogP contribution in [0, 0.1) is 6.92 Å². The van der Waals surface area contributed by atoms with Gasteiger partial charge in [-0.1, -0.05) is 0 Å². The van der Waals surface area contributed by atoms with Crippen molar-refractivity contribution in [2.45, 2.75) is 13.3 Å². The molecule has 102 valence electrons. The number of aliphatic imine (C=N–C) groups is 1. The summed E-state index contributed by atoms with van der Waals surface area (Å²) in [5.41, 5.74) is 1.08. The zero-order valence-corrected chi connectivity index (χ0v) is 14.0. The van der Waals surface area contributed by atoms with Crippen LogP contribution in [-0.4, -0.2) is 60.5 Å². The Kier molecular flexibility index (Phi) is 7.81. The SMILES string of the molecule is Cc1cnc(CCN=C(N(C)C)N(C)C)nc1.I. The van der Waals surface area contributed by atoms with Crippen LogP contribution in [0.4, 0.5) is 0 Å². The zero-order chi connectivity index (χ0) is 12.8. The third-order valence-electron chi connectivity index (χ3n) is 2.22. The summed E-state index contributed by atoms with van der Waals surface area (Å²) >= 11 is 0. The van der Waals surface area contributed by atoms with E-state index < -0.39 is 0 Å². The van der Waals surface area contributed by atoms with Gasteiger partial charge in [-0.25, -0.2) is 9.97 Å². The summed E-state index contributed by atoms with van der Waals surface area (Å²) < 4.78 is 0. The number of hydrogen-bond donors (Lipinski definition) is 0. The van der Waals surface area contributed by atoms with E-state index in [0.29, 0.717) is 6.54 Å². The van der Waals surface area contributed by atoms with Gasteiger partial charge in [0.05, 0.1) is 0 Å². The highest BCUT2D eigenvalue weighted by Gasteiger charge is 2.03. The van der Waals surface area contributed by atoms with Crippen LogP contribution in [0.5, 0.6) is 0 Å². The lowest BCUT2D eigenvalue weighted by Gasteiger charge is -2.22. The molecule has 1 aromatic heterocycles. The molecule has 5 nitrogen and oxygen atoms in total. The molecule has 18 heavy (non-hydrogen) atoms. The van der Waals surface area contributed by atoms with Gasteiger partial charge in [-0.3, -0.25) is 4.99 Å². The van der Waals surface area contributed by atoms with Crippen molar-refractivity contribution in [3.05, 3.63) is 23.8 Å². The molecule has 0 bridgehead atoms. The summed E-state index contributed by atoms with van der Waals surface area (Å²) in [5, 5.41) is 0. The van der Waals surface area contributed by atoms with Crippen molar-refractivity contribution in [2.24, 2.45) is 4.99 Å². The summed E-state index contributed by atoms with van der Waals surface area (Å²) in [6, 6.07) is 0. The van der Waals surface area contributed by atoms with Crippen LogP contribution in [-0.2, 0) is 6.42 Å². The van der Waals surface area contributed by atoms with Gasteiger partial charge in [0.2, 0.25) is 0 Å². The van der Waals surface area contributed by atoms with Crippen molar-refractivity contribution in [2.75, 3.05) is 34.7 Å². The number of guanidine groups is 1. The van der Waals surface area contributed by atoms with Crippen LogP contribution in [0.15, 0.2) is 17.4 Å². The lowest BCUT2D eigenvalue weighted by molar-refractivity contribution is 0.479. The van der Waals surface area contributed by atoms with E-state index in [4.69, 9.17) is 0 Å². The first-order valence-corrected chi connectivity index (χ1v) is 5.67. The van der Waals surface area contributed by atoms with Gasteiger partial charge in [0.1, 0.15) is 5.82 Å². The smallest absolute Gasteiger partial charge is 0.195 e. The van der Waals surface area contributed by atoms with E-state index in [2.05, 4.69) is 15.0 Å². The lowest BCUT2D eigenvalue weighted by Crippen LogP contribution is -2.35. The summed E-state index contributed by atoms with van der Waals surface area (Å²) in [4.78, 5) is 17.0. The Morgan fingerprint density at radius 3 is 2.06 bits per heavy atom. The number of rotatable bonds is 3. The maximum atomic E-state index is 4.53.